The van der Waals surface area contributed by atoms with Crippen molar-refractivity contribution in [3.8, 4) is 0 Å². The fourth-order valence-corrected chi connectivity index (χ4v) is 5.32. The average molecular weight is 557 g/mol. The number of para-hydroxylation sites is 1. The number of nitrogens with one attached hydrogen (secondary N) is 1. The minimum absolute atomic E-state index is 0.0692. The molecule has 198 valence electrons. The molecule has 0 fully saturated rings. The second kappa shape index (κ2) is 13.3. The lowest BCUT2D eigenvalue weighted by Crippen LogP contribution is -2.52. The number of hydrogen-bond donors (Lipinski definition) is 1. The molecule has 0 spiro atoms. The fourth-order valence-electron chi connectivity index (χ4n) is 4.04. The summed E-state index contributed by atoms with van der Waals surface area (Å²) < 4.78 is 26.8. The number of hydrogen-bond acceptors (Lipinski definition) is 4. The van der Waals surface area contributed by atoms with Gasteiger partial charge in [-0.05, 0) is 55.5 Å². The van der Waals surface area contributed by atoms with Gasteiger partial charge in [0.05, 0.1) is 22.0 Å². The Bertz CT molecular complexity index is 1170. The van der Waals surface area contributed by atoms with E-state index in [0.717, 1.165) is 34.5 Å². The van der Waals surface area contributed by atoms with E-state index in [0.29, 0.717) is 34.3 Å². The molecule has 2 aromatic rings. The SMILES string of the molecule is CCCCNC(=O)[C@H](CC)N(Cc1ccc(Cl)c(Cl)c1)C(=O)CN(c1c(C)cccc1C)S(C)(=O)=O. The van der Waals surface area contributed by atoms with Gasteiger partial charge in [0.2, 0.25) is 21.8 Å². The summed E-state index contributed by atoms with van der Waals surface area (Å²) in [6.07, 6.45) is 3.16. The number of halogens is 2. The summed E-state index contributed by atoms with van der Waals surface area (Å²) >= 11 is 12.3. The van der Waals surface area contributed by atoms with E-state index in [1.807, 2.05) is 19.9 Å². The van der Waals surface area contributed by atoms with Crippen molar-refractivity contribution in [1.29, 1.82) is 0 Å². The van der Waals surface area contributed by atoms with Gasteiger partial charge in [0, 0.05) is 13.1 Å². The molecule has 10 heteroatoms. The predicted molar refractivity (Wildman–Crippen MR) is 147 cm³/mol. The summed E-state index contributed by atoms with van der Waals surface area (Å²) in [4.78, 5) is 28.3. The highest BCUT2D eigenvalue weighted by Crippen LogP contribution is 2.28. The molecule has 0 unspecified atom stereocenters. The Kier molecular flexibility index (Phi) is 11.1. The molecule has 0 bridgehead atoms. The van der Waals surface area contributed by atoms with Gasteiger partial charge in [-0.15, -0.1) is 0 Å². The van der Waals surface area contributed by atoms with Crippen molar-refractivity contribution in [2.24, 2.45) is 0 Å². The van der Waals surface area contributed by atoms with Gasteiger partial charge in [-0.25, -0.2) is 8.42 Å². The summed E-state index contributed by atoms with van der Waals surface area (Å²) in [5.41, 5.74) is 2.60. The van der Waals surface area contributed by atoms with Crippen LogP contribution in [0.4, 0.5) is 5.69 Å². The molecule has 2 rings (SSSR count). The van der Waals surface area contributed by atoms with Gasteiger partial charge in [-0.1, -0.05) is 67.7 Å². The van der Waals surface area contributed by atoms with E-state index in [1.54, 1.807) is 44.2 Å². The van der Waals surface area contributed by atoms with E-state index in [2.05, 4.69) is 5.32 Å². The monoisotopic (exact) mass is 555 g/mol. The number of nitrogens with zero attached hydrogens (tertiary/aromatic N) is 2. The van der Waals surface area contributed by atoms with E-state index in [-0.39, 0.29) is 12.5 Å². The van der Waals surface area contributed by atoms with Gasteiger partial charge < -0.3 is 10.2 Å². The number of carbonyl (C=O) groups excluding carboxylic acids is 2. The molecule has 0 heterocycles. The van der Waals surface area contributed by atoms with Crippen LogP contribution in [0.25, 0.3) is 0 Å². The lowest BCUT2D eigenvalue weighted by atomic mass is 10.1. The van der Waals surface area contributed by atoms with E-state index in [4.69, 9.17) is 23.2 Å². The van der Waals surface area contributed by atoms with Crippen LogP contribution >= 0.6 is 23.2 Å². The lowest BCUT2D eigenvalue weighted by molar-refractivity contribution is -0.140. The highest BCUT2D eigenvalue weighted by molar-refractivity contribution is 7.92. The van der Waals surface area contributed by atoms with Gasteiger partial charge in [-0.3, -0.25) is 13.9 Å². The van der Waals surface area contributed by atoms with Crippen LogP contribution in [0, 0.1) is 13.8 Å². The molecule has 1 N–H and O–H groups in total. The molecule has 36 heavy (non-hydrogen) atoms. The lowest BCUT2D eigenvalue weighted by Gasteiger charge is -2.33. The van der Waals surface area contributed by atoms with E-state index in [9.17, 15) is 18.0 Å². The maximum Gasteiger partial charge on any atom is 0.244 e. The molecule has 0 aliphatic heterocycles. The molecule has 0 saturated carbocycles. The predicted octanol–water partition coefficient (Wildman–Crippen LogP) is 5.10. The van der Waals surface area contributed by atoms with Crippen LogP contribution < -0.4 is 9.62 Å². The van der Waals surface area contributed by atoms with Crippen LogP contribution in [0.1, 0.15) is 49.8 Å². The Hall–Kier alpha value is -2.29. The third-order valence-electron chi connectivity index (χ3n) is 5.92. The second-order valence-corrected chi connectivity index (χ2v) is 11.6. The largest absolute Gasteiger partial charge is 0.354 e. The van der Waals surface area contributed by atoms with Crippen molar-refractivity contribution in [2.45, 2.75) is 59.5 Å². The highest BCUT2D eigenvalue weighted by atomic mass is 35.5. The maximum atomic E-state index is 13.8. The zero-order valence-electron chi connectivity index (χ0n) is 21.5. The standard InChI is InChI=1S/C26H35Cl2N3O4S/c1-6-8-14-29-26(33)23(7-2)30(16-20-12-13-21(27)22(28)15-20)24(32)17-31(36(5,34)35)25-18(3)10-9-11-19(25)4/h9-13,15,23H,6-8,14,16-17H2,1-5H3,(H,29,33)/t23-/m0/s1. The number of rotatable bonds is 12. The first-order valence-corrected chi connectivity index (χ1v) is 14.6. The van der Waals surface area contributed by atoms with E-state index < -0.39 is 28.5 Å². The van der Waals surface area contributed by atoms with Gasteiger partial charge in [0.15, 0.2) is 0 Å². The Morgan fingerprint density at radius 2 is 1.67 bits per heavy atom. The molecule has 0 saturated heterocycles. The minimum Gasteiger partial charge on any atom is -0.354 e. The third-order valence-corrected chi connectivity index (χ3v) is 7.77. The molecule has 0 aliphatic rings. The van der Waals surface area contributed by atoms with Crippen molar-refractivity contribution >= 4 is 50.7 Å². The number of anilines is 1. The van der Waals surface area contributed by atoms with Crippen LogP contribution in [-0.4, -0.2) is 50.5 Å². The Morgan fingerprint density at radius 3 is 2.19 bits per heavy atom. The highest BCUT2D eigenvalue weighted by Gasteiger charge is 2.32. The molecule has 2 aromatic carbocycles. The fraction of sp³-hybridized carbons (Fsp3) is 0.462. The summed E-state index contributed by atoms with van der Waals surface area (Å²) in [6, 6.07) is 9.65. The topological polar surface area (TPSA) is 86.8 Å². The minimum atomic E-state index is -3.80. The first-order chi connectivity index (χ1) is 16.9. The van der Waals surface area contributed by atoms with Crippen molar-refractivity contribution < 1.29 is 18.0 Å². The quantitative estimate of drug-likeness (QED) is 0.369. The Balaban J connectivity index is 2.48. The smallest absolute Gasteiger partial charge is 0.244 e. The summed E-state index contributed by atoms with van der Waals surface area (Å²) in [7, 11) is -3.80. The zero-order valence-corrected chi connectivity index (χ0v) is 23.8. The average Bonchev–Trinajstić information content (AvgIpc) is 2.79. The number of carbonyl (C=O) groups is 2. The van der Waals surface area contributed by atoms with Gasteiger partial charge in [0.1, 0.15) is 12.6 Å². The van der Waals surface area contributed by atoms with Crippen molar-refractivity contribution in [2.75, 3.05) is 23.7 Å². The second-order valence-electron chi connectivity index (χ2n) is 8.85. The number of amides is 2. The van der Waals surface area contributed by atoms with Crippen molar-refractivity contribution in [1.82, 2.24) is 10.2 Å². The molecule has 0 aliphatic carbocycles. The van der Waals surface area contributed by atoms with Crippen LogP contribution in [0.5, 0.6) is 0 Å². The first kappa shape index (κ1) is 29.9. The Morgan fingerprint density at radius 1 is 1.03 bits per heavy atom. The van der Waals surface area contributed by atoms with E-state index in [1.165, 1.54) is 4.90 Å². The maximum absolute atomic E-state index is 13.8. The van der Waals surface area contributed by atoms with Crippen molar-refractivity contribution in [3.05, 3.63) is 63.1 Å². The number of unbranched alkanes of at least 4 members (excludes halogenated alkanes) is 1. The molecule has 2 amide bonds. The summed E-state index contributed by atoms with van der Waals surface area (Å²) in [6.45, 7) is 7.57. The summed E-state index contributed by atoms with van der Waals surface area (Å²) in [5, 5.41) is 3.60. The Labute approximate surface area is 224 Å². The van der Waals surface area contributed by atoms with Gasteiger partial charge in [0.25, 0.3) is 0 Å². The van der Waals surface area contributed by atoms with Crippen LogP contribution in [-0.2, 0) is 26.2 Å². The third kappa shape index (κ3) is 7.85. The molecule has 0 aromatic heterocycles. The van der Waals surface area contributed by atoms with Crippen LogP contribution in [0.2, 0.25) is 10.0 Å². The molecular formula is C26H35Cl2N3O4S. The van der Waals surface area contributed by atoms with Crippen LogP contribution in [0.3, 0.4) is 0 Å². The summed E-state index contributed by atoms with van der Waals surface area (Å²) in [5.74, 6) is -0.774. The number of aryl methyl sites for hydroxylation is 2. The molecule has 0 radical (unpaired) electrons. The zero-order chi connectivity index (χ0) is 27.0. The molecular weight excluding hydrogens is 521 g/mol. The first-order valence-electron chi connectivity index (χ1n) is 12.0. The molecule has 1 atom stereocenters. The van der Waals surface area contributed by atoms with Gasteiger partial charge in [-0.2, -0.15) is 0 Å². The van der Waals surface area contributed by atoms with Crippen LogP contribution in [0.15, 0.2) is 36.4 Å². The number of benzene rings is 2. The van der Waals surface area contributed by atoms with Gasteiger partial charge >= 0.3 is 0 Å². The molecule has 7 nitrogen and oxygen atoms in total. The van der Waals surface area contributed by atoms with Crippen molar-refractivity contribution in [3.63, 3.8) is 0 Å². The number of sulfonamides is 1. The normalized spacial score (nSPS) is 12.2. The van der Waals surface area contributed by atoms with E-state index >= 15 is 0 Å².